The third-order valence-electron chi connectivity index (χ3n) is 6.26. The average Bonchev–Trinajstić information content (AvgIpc) is 3.36. The molecule has 2 heterocycles. The largest absolute Gasteiger partial charge is 0.462 e. The highest BCUT2D eigenvalue weighted by Gasteiger charge is 2.26. The molecule has 0 atom stereocenters. The monoisotopic (exact) mass is 509 g/mol. The highest BCUT2D eigenvalue weighted by atomic mass is 32.1. The third kappa shape index (κ3) is 5.84. The molecule has 0 unspecified atom stereocenters. The fourth-order valence-corrected chi connectivity index (χ4v) is 5.55. The van der Waals surface area contributed by atoms with Crippen LogP contribution in [0.2, 0.25) is 0 Å². The number of hydrogen-bond donors (Lipinski definition) is 2. The van der Waals surface area contributed by atoms with Gasteiger partial charge in [0, 0.05) is 16.1 Å². The Kier molecular flexibility index (Phi) is 8.20. The second kappa shape index (κ2) is 11.5. The van der Waals surface area contributed by atoms with Crippen molar-refractivity contribution in [3.8, 4) is 11.4 Å². The van der Waals surface area contributed by atoms with Gasteiger partial charge in [0.05, 0.1) is 23.4 Å². The van der Waals surface area contributed by atoms with Gasteiger partial charge in [-0.1, -0.05) is 25.0 Å². The summed E-state index contributed by atoms with van der Waals surface area (Å²) in [6, 6.07) is 6.84. The maximum absolute atomic E-state index is 12.7. The molecule has 1 amide bonds. The summed E-state index contributed by atoms with van der Waals surface area (Å²) in [6.07, 6.45) is 6.00. The molecule has 2 N–H and O–H groups in total. The number of nitrogens with zero attached hydrogens (tertiary/aromatic N) is 1. The Labute approximate surface area is 214 Å². The number of aromatic amines is 1. The molecular weight excluding hydrogens is 478 g/mol. The predicted octanol–water partition coefficient (Wildman–Crippen LogP) is 5.39. The summed E-state index contributed by atoms with van der Waals surface area (Å²) in [4.78, 5) is 46.7. The molecule has 190 valence electrons. The summed E-state index contributed by atoms with van der Waals surface area (Å²) in [5.74, 6) is -0.800. The lowest BCUT2D eigenvalue weighted by molar-refractivity contribution is -0.119. The topological polar surface area (TPSA) is 110 Å². The van der Waals surface area contributed by atoms with E-state index in [0.717, 1.165) is 71.7 Å². The molecule has 4 rings (SSSR count). The number of ether oxygens (including phenoxy) is 2. The second-order valence-electron chi connectivity index (χ2n) is 8.84. The molecule has 0 bridgehead atoms. The molecule has 0 saturated carbocycles. The smallest absolute Gasteiger partial charge is 0.341 e. The first-order chi connectivity index (χ1) is 17.4. The minimum absolute atomic E-state index is 0.256. The van der Waals surface area contributed by atoms with Crippen LogP contribution >= 0.6 is 11.3 Å². The lowest BCUT2D eigenvalue weighted by Crippen LogP contribution is -2.22. The second-order valence-corrected chi connectivity index (χ2v) is 9.95. The minimum Gasteiger partial charge on any atom is -0.462 e. The SMILES string of the molecule is CCOC(=O)c1c(NC(=O)COC(=O)c2ccc(-c3nc(C)c(C)[nH]3)cc2)sc2c1CCCCCC2. The van der Waals surface area contributed by atoms with E-state index in [1.165, 1.54) is 11.3 Å². The van der Waals surface area contributed by atoms with Crippen LogP contribution in [0.25, 0.3) is 11.4 Å². The normalized spacial score (nSPS) is 13.3. The third-order valence-corrected chi connectivity index (χ3v) is 7.47. The van der Waals surface area contributed by atoms with Crippen molar-refractivity contribution in [3.63, 3.8) is 0 Å². The van der Waals surface area contributed by atoms with Gasteiger partial charge in [0.2, 0.25) is 0 Å². The van der Waals surface area contributed by atoms with E-state index in [9.17, 15) is 14.4 Å². The highest BCUT2D eigenvalue weighted by molar-refractivity contribution is 7.17. The van der Waals surface area contributed by atoms with Crippen molar-refractivity contribution in [2.24, 2.45) is 0 Å². The molecule has 0 radical (unpaired) electrons. The Bertz CT molecular complexity index is 1240. The van der Waals surface area contributed by atoms with Crippen LogP contribution in [-0.4, -0.2) is 41.0 Å². The number of H-pyrrole nitrogens is 1. The Morgan fingerprint density at radius 1 is 1.00 bits per heavy atom. The average molecular weight is 510 g/mol. The fraction of sp³-hybridized carbons (Fsp3) is 0.407. The summed E-state index contributed by atoms with van der Waals surface area (Å²) in [7, 11) is 0. The lowest BCUT2D eigenvalue weighted by Gasteiger charge is -2.11. The van der Waals surface area contributed by atoms with Gasteiger partial charge in [0.1, 0.15) is 10.8 Å². The van der Waals surface area contributed by atoms with Crippen LogP contribution in [-0.2, 0) is 27.1 Å². The number of carbonyl (C=O) groups is 3. The summed E-state index contributed by atoms with van der Waals surface area (Å²) in [6.45, 7) is 5.44. The molecule has 0 fully saturated rings. The molecule has 36 heavy (non-hydrogen) atoms. The van der Waals surface area contributed by atoms with E-state index in [-0.39, 0.29) is 6.61 Å². The van der Waals surface area contributed by atoms with Crippen LogP contribution in [0.4, 0.5) is 5.00 Å². The molecule has 0 spiro atoms. The first-order valence-electron chi connectivity index (χ1n) is 12.3. The first-order valence-corrected chi connectivity index (χ1v) is 13.1. The Morgan fingerprint density at radius 2 is 1.72 bits per heavy atom. The predicted molar refractivity (Wildman–Crippen MR) is 139 cm³/mol. The zero-order valence-electron chi connectivity index (χ0n) is 20.9. The summed E-state index contributed by atoms with van der Waals surface area (Å²) in [5, 5.41) is 3.25. The number of hydrogen-bond acceptors (Lipinski definition) is 7. The fourth-order valence-electron chi connectivity index (χ4n) is 4.25. The van der Waals surface area contributed by atoms with E-state index in [0.29, 0.717) is 16.1 Å². The number of benzene rings is 1. The van der Waals surface area contributed by atoms with Crippen molar-refractivity contribution in [1.82, 2.24) is 9.97 Å². The molecule has 1 aromatic carbocycles. The Morgan fingerprint density at radius 3 is 2.39 bits per heavy atom. The van der Waals surface area contributed by atoms with Gasteiger partial charge >= 0.3 is 11.9 Å². The number of fused-ring (bicyclic) bond motifs is 1. The van der Waals surface area contributed by atoms with Gasteiger partial charge in [0.15, 0.2) is 6.61 Å². The Balaban J connectivity index is 1.41. The van der Waals surface area contributed by atoms with E-state index in [2.05, 4.69) is 15.3 Å². The molecule has 1 aliphatic rings. The summed E-state index contributed by atoms with van der Waals surface area (Å²) < 4.78 is 10.5. The maximum Gasteiger partial charge on any atom is 0.341 e. The van der Waals surface area contributed by atoms with Gasteiger partial charge in [-0.05, 0) is 64.2 Å². The maximum atomic E-state index is 12.7. The number of anilines is 1. The zero-order valence-corrected chi connectivity index (χ0v) is 21.7. The molecule has 2 aromatic heterocycles. The molecule has 0 saturated heterocycles. The van der Waals surface area contributed by atoms with E-state index < -0.39 is 24.5 Å². The lowest BCUT2D eigenvalue weighted by atomic mass is 9.96. The van der Waals surface area contributed by atoms with E-state index >= 15 is 0 Å². The van der Waals surface area contributed by atoms with Crippen molar-refractivity contribution in [2.45, 2.75) is 59.3 Å². The van der Waals surface area contributed by atoms with Crippen LogP contribution < -0.4 is 5.32 Å². The van der Waals surface area contributed by atoms with Crippen molar-refractivity contribution in [1.29, 1.82) is 0 Å². The number of thiophene rings is 1. The van der Waals surface area contributed by atoms with Gasteiger partial charge in [-0.2, -0.15) is 0 Å². The molecular formula is C27H31N3O5S. The van der Waals surface area contributed by atoms with Crippen LogP contribution in [0.15, 0.2) is 24.3 Å². The minimum atomic E-state index is -0.604. The first kappa shape index (κ1) is 25.6. The van der Waals surface area contributed by atoms with Gasteiger partial charge in [-0.3, -0.25) is 4.79 Å². The molecule has 9 heteroatoms. The molecule has 0 aliphatic heterocycles. The van der Waals surface area contributed by atoms with Crippen molar-refractivity contribution in [3.05, 3.63) is 57.2 Å². The van der Waals surface area contributed by atoms with Crippen LogP contribution in [0.5, 0.6) is 0 Å². The van der Waals surface area contributed by atoms with Crippen LogP contribution in [0.3, 0.4) is 0 Å². The summed E-state index contributed by atoms with van der Waals surface area (Å²) >= 11 is 1.42. The molecule has 8 nitrogen and oxygen atoms in total. The number of rotatable bonds is 7. The van der Waals surface area contributed by atoms with Crippen molar-refractivity contribution >= 4 is 34.2 Å². The molecule has 3 aromatic rings. The zero-order chi connectivity index (χ0) is 25.7. The van der Waals surface area contributed by atoms with E-state index in [1.54, 1.807) is 31.2 Å². The number of imidazole rings is 1. The van der Waals surface area contributed by atoms with Crippen LogP contribution in [0, 0.1) is 13.8 Å². The molecule has 1 aliphatic carbocycles. The number of aromatic nitrogens is 2. The van der Waals surface area contributed by atoms with Crippen molar-refractivity contribution in [2.75, 3.05) is 18.5 Å². The standard InChI is InChI=1S/C27H31N3O5S/c1-4-34-27(33)23-20-9-7-5-6-8-10-21(20)36-25(23)30-22(31)15-35-26(32)19-13-11-18(12-14-19)24-28-16(2)17(3)29-24/h11-14H,4-10,15H2,1-3H3,(H,28,29)(H,30,31). The van der Waals surface area contributed by atoms with E-state index in [1.807, 2.05) is 13.8 Å². The number of aryl methyl sites for hydroxylation is 3. The van der Waals surface area contributed by atoms with Crippen LogP contribution in [0.1, 0.15) is 75.2 Å². The summed E-state index contributed by atoms with van der Waals surface area (Å²) in [5.41, 5.74) is 4.51. The van der Waals surface area contributed by atoms with Crippen molar-refractivity contribution < 1.29 is 23.9 Å². The number of amides is 1. The van der Waals surface area contributed by atoms with E-state index in [4.69, 9.17) is 9.47 Å². The van der Waals surface area contributed by atoms with Gasteiger partial charge < -0.3 is 19.8 Å². The highest BCUT2D eigenvalue weighted by Crippen LogP contribution is 2.37. The number of esters is 2. The quantitative estimate of drug-likeness (QED) is 0.414. The van der Waals surface area contributed by atoms with Gasteiger partial charge in [0.25, 0.3) is 5.91 Å². The number of carbonyl (C=O) groups excluding carboxylic acids is 3. The Hall–Kier alpha value is -3.46. The van der Waals surface area contributed by atoms with Gasteiger partial charge in [-0.25, -0.2) is 14.6 Å². The number of nitrogens with one attached hydrogen (secondary N) is 2. The van der Waals surface area contributed by atoms with Gasteiger partial charge in [-0.15, -0.1) is 11.3 Å².